The highest BCUT2D eigenvalue weighted by molar-refractivity contribution is 5.49. The van der Waals surface area contributed by atoms with Crippen molar-refractivity contribution >= 4 is 11.8 Å². The number of aliphatic hydroxyl groups excluding tert-OH is 1. The van der Waals surface area contributed by atoms with Gasteiger partial charge in [0, 0.05) is 25.2 Å². The summed E-state index contributed by atoms with van der Waals surface area (Å²) in [6.45, 7) is 12.2. The third kappa shape index (κ3) is 4.59. The molecule has 1 aromatic heterocycles. The second kappa shape index (κ2) is 8.26. The van der Waals surface area contributed by atoms with Crippen LogP contribution in [0.15, 0.2) is 24.3 Å². The number of anilines is 2. The molecule has 2 heterocycles. The number of benzene rings is 1. The normalized spacial score (nSPS) is 16.2. The van der Waals surface area contributed by atoms with Crippen molar-refractivity contribution in [2.45, 2.75) is 72.1 Å². The molecule has 0 unspecified atom stereocenters. The van der Waals surface area contributed by atoms with Gasteiger partial charge in [-0.3, -0.25) is 0 Å². The van der Waals surface area contributed by atoms with Crippen LogP contribution >= 0.6 is 0 Å². The number of aromatic nitrogens is 2. The van der Waals surface area contributed by atoms with Gasteiger partial charge in [-0.25, -0.2) is 4.98 Å². The molecule has 27 heavy (non-hydrogen) atoms. The summed E-state index contributed by atoms with van der Waals surface area (Å²) in [6.07, 6.45) is 1.58. The van der Waals surface area contributed by atoms with Crippen molar-refractivity contribution < 1.29 is 5.11 Å². The molecule has 0 spiro atoms. The summed E-state index contributed by atoms with van der Waals surface area (Å²) in [7, 11) is 0. The molecular weight excluding hydrogens is 336 g/mol. The zero-order valence-electron chi connectivity index (χ0n) is 17.2. The standard InChI is InChI=1S/C22H32N4O/c1-6-15(4)23-22-24-20(14(2)3)12-21(25-22)26-10-9-18-11-17(16(5)27)7-8-19(18)13-26/h7-8,11-12,14-16,27H,6,9-10,13H2,1-5H3,(H,23,24,25)/t15-,16-/m1/s1. The molecule has 5 heteroatoms. The van der Waals surface area contributed by atoms with Crippen LogP contribution in [0.5, 0.6) is 0 Å². The molecule has 0 aliphatic carbocycles. The summed E-state index contributed by atoms with van der Waals surface area (Å²) in [4.78, 5) is 11.9. The largest absolute Gasteiger partial charge is 0.389 e. The summed E-state index contributed by atoms with van der Waals surface area (Å²) in [5, 5.41) is 13.3. The highest BCUT2D eigenvalue weighted by atomic mass is 16.3. The fourth-order valence-electron chi connectivity index (χ4n) is 3.33. The lowest BCUT2D eigenvalue weighted by Gasteiger charge is -2.31. The lowest BCUT2D eigenvalue weighted by Crippen LogP contribution is -2.31. The van der Waals surface area contributed by atoms with E-state index >= 15 is 0 Å². The molecule has 2 atom stereocenters. The van der Waals surface area contributed by atoms with Crippen molar-refractivity contribution in [1.29, 1.82) is 0 Å². The fraction of sp³-hybridized carbons (Fsp3) is 0.545. The monoisotopic (exact) mass is 368 g/mol. The zero-order chi connectivity index (χ0) is 19.6. The Morgan fingerprint density at radius 1 is 1.11 bits per heavy atom. The number of rotatable bonds is 6. The van der Waals surface area contributed by atoms with Gasteiger partial charge in [0.25, 0.3) is 0 Å². The molecule has 5 nitrogen and oxygen atoms in total. The van der Waals surface area contributed by atoms with Gasteiger partial charge in [0.05, 0.1) is 11.8 Å². The number of fused-ring (bicyclic) bond motifs is 1. The third-order valence-electron chi connectivity index (χ3n) is 5.36. The van der Waals surface area contributed by atoms with E-state index < -0.39 is 6.10 Å². The van der Waals surface area contributed by atoms with E-state index in [0.29, 0.717) is 12.0 Å². The molecule has 1 aliphatic rings. The Morgan fingerprint density at radius 2 is 1.89 bits per heavy atom. The Labute approximate surface area is 162 Å². The van der Waals surface area contributed by atoms with Crippen molar-refractivity contribution in [2.75, 3.05) is 16.8 Å². The van der Waals surface area contributed by atoms with E-state index in [1.807, 2.05) is 13.0 Å². The summed E-state index contributed by atoms with van der Waals surface area (Å²) in [5.74, 6) is 2.07. The number of nitrogens with zero attached hydrogens (tertiary/aromatic N) is 3. The number of nitrogens with one attached hydrogen (secondary N) is 1. The van der Waals surface area contributed by atoms with Gasteiger partial charge in [0.15, 0.2) is 0 Å². The lowest BCUT2D eigenvalue weighted by molar-refractivity contribution is 0.199. The Morgan fingerprint density at radius 3 is 2.56 bits per heavy atom. The molecule has 0 radical (unpaired) electrons. The minimum absolute atomic E-state index is 0.348. The van der Waals surface area contributed by atoms with Crippen molar-refractivity contribution in [1.82, 2.24) is 9.97 Å². The van der Waals surface area contributed by atoms with E-state index in [9.17, 15) is 5.11 Å². The molecule has 0 amide bonds. The van der Waals surface area contributed by atoms with Crippen molar-refractivity contribution in [3.8, 4) is 0 Å². The minimum Gasteiger partial charge on any atom is -0.389 e. The molecule has 0 saturated heterocycles. The van der Waals surface area contributed by atoms with E-state index in [2.05, 4.69) is 56.1 Å². The van der Waals surface area contributed by atoms with Crippen LogP contribution in [0.25, 0.3) is 0 Å². The average molecular weight is 369 g/mol. The SMILES string of the molecule is CC[C@@H](C)Nc1nc(C(C)C)cc(N2CCc3cc([C@@H](C)O)ccc3C2)n1. The van der Waals surface area contributed by atoms with Crippen molar-refractivity contribution in [3.63, 3.8) is 0 Å². The van der Waals surface area contributed by atoms with E-state index in [4.69, 9.17) is 9.97 Å². The van der Waals surface area contributed by atoms with Gasteiger partial charge >= 0.3 is 0 Å². The average Bonchev–Trinajstić information content (AvgIpc) is 2.66. The van der Waals surface area contributed by atoms with Crippen LogP contribution < -0.4 is 10.2 Å². The maximum absolute atomic E-state index is 9.83. The summed E-state index contributed by atoms with van der Waals surface area (Å²) in [6, 6.07) is 8.80. The first kappa shape index (κ1) is 19.6. The van der Waals surface area contributed by atoms with Crippen LogP contribution in [-0.2, 0) is 13.0 Å². The van der Waals surface area contributed by atoms with Crippen LogP contribution in [0.4, 0.5) is 11.8 Å². The highest BCUT2D eigenvalue weighted by Gasteiger charge is 2.20. The lowest BCUT2D eigenvalue weighted by atomic mass is 9.95. The first-order chi connectivity index (χ1) is 12.9. The molecular formula is C22H32N4O. The first-order valence-corrected chi connectivity index (χ1v) is 10.1. The summed E-state index contributed by atoms with van der Waals surface area (Å²) >= 11 is 0. The minimum atomic E-state index is -0.419. The maximum Gasteiger partial charge on any atom is 0.225 e. The highest BCUT2D eigenvalue weighted by Crippen LogP contribution is 2.28. The fourth-order valence-corrected chi connectivity index (χ4v) is 3.33. The number of aliphatic hydroxyl groups is 1. The van der Waals surface area contributed by atoms with Crippen molar-refractivity contribution in [2.24, 2.45) is 0 Å². The van der Waals surface area contributed by atoms with E-state index in [-0.39, 0.29) is 0 Å². The molecule has 3 rings (SSSR count). The third-order valence-corrected chi connectivity index (χ3v) is 5.36. The first-order valence-electron chi connectivity index (χ1n) is 10.1. The quantitative estimate of drug-likeness (QED) is 0.790. The molecule has 146 valence electrons. The van der Waals surface area contributed by atoms with E-state index in [0.717, 1.165) is 49.0 Å². The number of hydrogen-bond donors (Lipinski definition) is 2. The Balaban J connectivity index is 1.87. The van der Waals surface area contributed by atoms with E-state index in [1.165, 1.54) is 11.1 Å². The molecule has 0 bridgehead atoms. The molecule has 0 fully saturated rings. The van der Waals surface area contributed by atoms with Gasteiger partial charge in [0.1, 0.15) is 5.82 Å². The molecule has 1 aromatic carbocycles. The van der Waals surface area contributed by atoms with Gasteiger partial charge in [0.2, 0.25) is 5.95 Å². The topological polar surface area (TPSA) is 61.3 Å². The number of hydrogen-bond acceptors (Lipinski definition) is 5. The van der Waals surface area contributed by atoms with Crippen LogP contribution in [0.1, 0.15) is 75.4 Å². The summed E-state index contributed by atoms with van der Waals surface area (Å²) < 4.78 is 0. The molecule has 2 aromatic rings. The predicted octanol–water partition coefficient (Wildman–Crippen LogP) is 4.43. The van der Waals surface area contributed by atoms with Crippen LogP contribution in [-0.4, -0.2) is 27.7 Å². The van der Waals surface area contributed by atoms with Gasteiger partial charge in [-0.15, -0.1) is 0 Å². The molecule has 0 saturated carbocycles. The predicted molar refractivity (Wildman–Crippen MR) is 111 cm³/mol. The smallest absolute Gasteiger partial charge is 0.225 e. The Kier molecular flexibility index (Phi) is 6.00. The second-order valence-electron chi connectivity index (χ2n) is 7.96. The van der Waals surface area contributed by atoms with Crippen LogP contribution in [0.2, 0.25) is 0 Å². The Bertz CT molecular complexity index is 788. The van der Waals surface area contributed by atoms with Crippen LogP contribution in [0.3, 0.4) is 0 Å². The summed E-state index contributed by atoms with van der Waals surface area (Å²) in [5.41, 5.74) is 4.71. The zero-order valence-corrected chi connectivity index (χ0v) is 17.2. The Hall–Kier alpha value is -2.14. The van der Waals surface area contributed by atoms with Gasteiger partial charge in [-0.2, -0.15) is 4.98 Å². The van der Waals surface area contributed by atoms with Gasteiger partial charge in [-0.05, 0) is 49.3 Å². The van der Waals surface area contributed by atoms with Crippen LogP contribution in [0, 0.1) is 0 Å². The van der Waals surface area contributed by atoms with Crippen molar-refractivity contribution in [3.05, 3.63) is 46.6 Å². The van der Waals surface area contributed by atoms with Gasteiger partial charge in [-0.1, -0.05) is 39.0 Å². The maximum atomic E-state index is 9.83. The second-order valence-corrected chi connectivity index (χ2v) is 7.96. The molecule has 2 N–H and O–H groups in total. The molecule has 1 aliphatic heterocycles. The van der Waals surface area contributed by atoms with Gasteiger partial charge < -0.3 is 15.3 Å². The van der Waals surface area contributed by atoms with E-state index in [1.54, 1.807) is 0 Å².